The predicted octanol–water partition coefficient (Wildman–Crippen LogP) is 4.02. The highest BCUT2D eigenvalue weighted by molar-refractivity contribution is 6.07. The molecule has 238 valence electrons. The van der Waals surface area contributed by atoms with Gasteiger partial charge in [0.05, 0.1) is 25.6 Å². The van der Waals surface area contributed by atoms with Gasteiger partial charge in [0.15, 0.2) is 23.1 Å². The van der Waals surface area contributed by atoms with Crippen LogP contribution in [0, 0.1) is 11.6 Å². The summed E-state index contributed by atoms with van der Waals surface area (Å²) >= 11 is 0. The number of carbonyl (C=O) groups is 3. The Morgan fingerprint density at radius 1 is 0.689 bits per heavy atom. The van der Waals surface area contributed by atoms with Gasteiger partial charge >= 0.3 is 0 Å². The zero-order chi connectivity index (χ0) is 31.9. The van der Waals surface area contributed by atoms with E-state index in [-0.39, 0.29) is 17.4 Å². The summed E-state index contributed by atoms with van der Waals surface area (Å²) in [5.41, 5.74) is 1.84. The van der Waals surface area contributed by atoms with E-state index in [9.17, 15) is 23.2 Å². The minimum Gasteiger partial charge on any atom is -0.493 e. The zero-order valence-corrected chi connectivity index (χ0v) is 25.4. The Kier molecular flexibility index (Phi) is 10.1. The van der Waals surface area contributed by atoms with Gasteiger partial charge in [-0.1, -0.05) is 0 Å². The van der Waals surface area contributed by atoms with Gasteiger partial charge in [0.2, 0.25) is 0 Å². The average Bonchev–Trinajstić information content (AvgIpc) is 3.49. The number of ether oxygens (including phenoxy) is 2. The lowest BCUT2D eigenvalue weighted by molar-refractivity contribution is 0.0759. The van der Waals surface area contributed by atoms with Crippen LogP contribution in [-0.2, 0) is 0 Å². The Balaban J connectivity index is 1.39. The molecule has 0 aromatic heterocycles. The highest BCUT2D eigenvalue weighted by atomic mass is 19.2. The standard InChI is InChI=1S/C33H37F2N5O5/c1-44-29-10-7-24(21-30(29)45-2)33(43)40-15-4-14-38(17-18-40)28-9-6-23(32(42)39-13-3-11-36-12-16-39)20-27(28)37-31(41)22-5-8-25(34)26(35)19-22/h5-10,19-21,36H,3-4,11-18H2,1-2H3,(H,37,41). The van der Waals surface area contributed by atoms with Crippen LogP contribution in [0.5, 0.6) is 11.5 Å². The Morgan fingerprint density at radius 2 is 1.38 bits per heavy atom. The molecule has 2 fully saturated rings. The van der Waals surface area contributed by atoms with Crippen LogP contribution < -0.4 is 25.0 Å². The maximum absolute atomic E-state index is 13.9. The molecule has 10 nitrogen and oxygen atoms in total. The lowest BCUT2D eigenvalue weighted by atomic mass is 10.1. The second-order valence-corrected chi connectivity index (χ2v) is 10.9. The summed E-state index contributed by atoms with van der Waals surface area (Å²) in [5.74, 6) is -2.12. The van der Waals surface area contributed by atoms with E-state index in [2.05, 4.69) is 10.6 Å². The number of hydrogen-bond donors (Lipinski definition) is 2. The number of halogens is 2. The van der Waals surface area contributed by atoms with Crippen LogP contribution >= 0.6 is 0 Å². The van der Waals surface area contributed by atoms with Crippen molar-refractivity contribution >= 4 is 29.1 Å². The lowest BCUT2D eigenvalue weighted by Gasteiger charge is -2.27. The largest absolute Gasteiger partial charge is 0.493 e. The highest BCUT2D eigenvalue weighted by Crippen LogP contribution is 2.31. The third-order valence-corrected chi connectivity index (χ3v) is 8.06. The van der Waals surface area contributed by atoms with E-state index in [1.807, 2.05) is 4.90 Å². The van der Waals surface area contributed by atoms with Crippen LogP contribution in [0.2, 0.25) is 0 Å². The fraction of sp³-hybridized carbons (Fsp3) is 0.364. The molecule has 45 heavy (non-hydrogen) atoms. The fourth-order valence-corrected chi connectivity index (χ4v) is 5.62. The van der Waals surface area contributed by atoms with E-state index in [0.29, 0.717) is 86.2 Å². The van der Waals surface area contributed by atoms with Crippen molar-refractivity contribution in [3.63, 3.8) is 0 Å². The van der Waals surface area contributed by atoms with Crippen molar-refractivity contribution in [2.24, 2.45) is 0 Å². The van der Waals surface area contributed by atoms with Gasteiger partial charge in [0.1, 0.15) is 0 Å². The average molecular weight is 622 g/mol. The summed E-state index contributed by atoms with van der Waals surface area (Å²) in [6.07, 6.45) is 1.48. The molecule has 0 unspecified atom stereocenters. The molecule has 0 aliphatic carbocycles. The molecular weight excluding hydrogens is 584 g/mol. The van der Waals surface area contributed by atoms with Crippen molar-refractivity contribution in [2.45, 2.75) is 12.8 Å². The molecule has 0 atom stereocenters. The van der Waals surface area contributed by atoms with Gasteiger partial charge in [-0.05, 0) is 74.0 Å². The maximum atomic E-state index is 13.9. The first-order chi connectivity index (χ1) is 21.8. The minimum atomic E-state index is -1.13. The molecule has 12 heteroatoms. The topological polar surface area (TPSA) is 103 Å². The molecule has 0 spiro atoms. The van der Waals surface area contributed by atoms with Crippen LogP contribution in [-0.4, -0.2) is 94.1 Å². The number of benzene rings is 3. The number of hydrogen-bond acceptors (Lipinski definition) is 7. The number of methoxy groups -OCH3 is 2. The Morgan fingerprint density at radius 3 is 2.13 bits per heavy atom. The molecule has 3 amide bonds. The van der Waals surface area contributed by atoms with E-state index in [1.54, 1.807) is 46.2 Å². The van der Waals surface area contributed by atoms with Crippen LogP contribution in [0.4, 0.5) is 20.2 Å². The van der Waals surface area contributed by atoms with Gasteiger partial charge < -0.3 is 34.8 Å². The Labute approximate surface area is 260 Å². The quantitative estimate of drug-likeness (QED) is 0.411. The molecule has 3 aromatic carbocycles. The number of nitrogens with zero attached hydrogens (tertiary/aromatic N) is 3. The van der Waals surface area contributed by atoms with Crippen molar-refractivity contribution in [3.05, 3.63) is 82.9 Å². The molecule has 5 rings (SSSR count). The number of rotatable bonds is 7. The molecule has 2 heterocycles. The van der Waals surface area contributed by atoms with Gasteiger partial charge in [-0.2, -0.15) is 0 Å². The second kappa shape index (κ2) is 14.4. The van der Waals surface area contributed by atoms with Crippen LogP contribution in [0.1, 0.15) is 43.9 Å². The van der Waals surface area contributed by atoms with Crippen molar-refractivity contribution in [2.75, 3.05) is 76.8 Å². The molecule has 0 bridgehead atoms. The maximum Gasteiger partial charge on any atom is 0.255 e. The smallest absolute Gasteiger partial charge is 0.255 e. The molecule has 2 aliphatic rings. The van der Waals surface area contributed by atoms with E-state index in [4.69, 9.17) is 9.47 Å². The molecule has 2 saturated heterocycles. The summed E-state index contributed by atoms with van der Waals surface area (Å²) in [6.45, 7) is 4.65. The molecule has 0 radical (unpaired) electrons. The van der Waals surface area contributed by atoms with Crippen molar-refractivity contribution < 1.29 is 32.6 Å². The summed E-state index contributed by atoms with van der Waals surface area (Å²) in [6, 6.07) is 13.2. The summed E-state index contributed by atoms with van der Waals surface area (Å²) in [4.78, 5) is 45.7. The Bertz CT molecular complexity index is 1560. The predicted molar refractivity (Wildman–Crippen MR) is 166 cm³/mol. The lowest BCUT2D eigenvalue weighted by Crippen LogP contribution is -2.35. The normalized spacial score (nSPS) is 15.6. The van der Waals surface area contributed by atoms with Gasteiger partial charge in [-0.15, -0.1) is 0 Å². The number of nitrogens with one attached hydrogen (secondary N) is 2. The van der Waals surface area contributed by atoms with Crippen LogP contribution in [0.3, 0.4) is 0 Å². The van der Waals surface area contributed by atoms with E-state index in [0.717, 1.165) is 25.1 Å². The third-order valence-electron chi connectivity index (χ3n) is 8.06. The van der Waals surface area contributed by atoms with Crippen LogP contribution in [0.25, 0.3) is 0 Å². The molecule has 2 aliphatic heterocycles. The summed E-state index contributed by atoms with van der Waals surface area (Å²) < 4.78 is 38.2. The highest BCUT2D eigenvalue weighted by Gasteiger charge is 2.25. The third kappa shape index (κ3) is 7.34. The van der Waals surface area contributed by atoms with Crippen LogP contribution in [0.15, 0.2) is 54.6 Å². The Hall–Kier alpha value is -4.71. The first kappa shape index (κ1) is 31.7. The monoisotopic (exact) mass is 621 g/mol. The fourth-order valence-electron chi connectivity index (χ4n) is 5.62. The molecule has 2 N–H and O–H groups in total. The van der Waals surface area contributed by atoms with Gasteiger partial charge in [0, 0.05) is 62.5 Å². The number of carbonyl (C=O) groups excluding carboxylic acids is 3. The van der Waals surface area contributed by atoms with Gasteiger partial charge in [-0.3, -0.25) is 14.4 Å². The van der Waals surface area contributed by atoms with Gasteiger partial charge in [-0.25, -0.2) is 8.78 Å². The zero-order valence-electron chi connectivity index (χ0n) is 25.4. The first-order valence-electron chi connectivity index (χ1n) is 15.0. The molecule has 3 aromatic rings. The number of amides is 3. The van der Waals surface area contributed by atoms with Gasteiger partial charge in [0.25, 0.3) is 17.7 Å². The summed E-state index contributed by atoms with van der Waals surface area (Å²) in [7, 11) is 3.05. The SMILES string of the molecule is COc1ccc(C(=O)N2CCCN(c3ccc(C(=O)N4CCCNCC4)cc3NC(=O)c3ccc(F)c(F)c3)CC2)cc1OC. The molecule has 0 saturated carbocycles. The van der Waals surface area contributed by atoms with E-state index >= 15 is 0 Å². The summed E-state index contributed by atoms with van der Waals surface area (Å²) in [5, 5.41) is 6.11. The minimum absolute atomic E-state index is 0.0577. The first-order valence-corrected chi connectivity index (χ1v) is 15.0. The molecular formula is C33H37F2N5O5. The van der Waals surface area contributed by atoms with Crippen molar-refractivity contribution in [3.8, 4) is 11.5 Å². The number of anilines is 2. The van der Waals surface area contributed by atoms with E-state index < -0.39 is 17.5 Å². The van der Waals surface area contributed by atoms with E-state index in [1.165, 1.54) is 20.3 Å². The van der Waals surface area contributed by atoms with Crippen molar-refractivity contribution in [1.29, 1.82) is 0 Å². The second-order valence-electron chi connectivity index (χ2n) is 10.9. The van der Waals surface area contributed by atoms with Crippen molar-refractivity contribution in [1.82, 2.24) is 15.1 Å².